The molecule has 0 bridgehead atoms. The second-order valence-corrected chi connectivity index (χ2v) is 19.8. The number of rotatable bonds is 3. The van der Waals surface area contributed by atoms with Gasteiger partial charge in [-0.15, -0.1) is 11.3 Å². The zero-order valence-corrected chi connectivity index (χ0v) is 34.7. The molecule has 2 aromatic heterocycles. The van der Waals surface area contributed by atoms with Crippen LogP contribution in [0.1, 0.15) is 76.6 Å². The van der Waals surface area contributed by atoms with Crippen LogP contribution in [0.5, 0.6) is 0 Å². The van der Waals surface area contributed by atoms with Gasteiger partial charge in [-0.2, -0.15) is 0 Å². The number of thiophene rings is 1. The predicted molar refractivity (Wildman–Crippen MR) is 249 cm³/mol. The zero-order chi connectivity index (χ0) is 39.3. The Bertz CT molecular complexity index is 3240. The van der Waals surface area contributed by atoms with Crippen LogP contribution in [0.3, 0.4) is 0 Å². The van der Waals surface area contributed by atoms with E-state index < -0.39 is 0 Å². The van der Waals surface area contributed by atoms with Crippen molar-refractivity contribution in [2.75, 3.05) is 10.2 Å². The molecule has 3 nitrogen and oxygen atoms in total. The van der Waals surface area contributed by atoms with E-state index in [0.717, 1.165) is 39.0 Å². The fourth-order valence-corrected chi connectivity index (χ4v) is 11.8. The van der Waals surface area contributed by atoms with Crippen LogP contribution in [0, 0.1) is 0 Å². The molecule has 9 aromatic rings. The SMILES string of the molecule is CC1(C)CCC(C)(C)c2cc(Nc3cc4sc5ccccc5c4cc3-c3c4c(cc5oc6ccccc6c35)N3c5ccccc5C(C)(C)c5cccc(c53)[B]4)ccc21. The van der Waals surface area contributed by atoms with Crippen LogP contribution in [-0.4, -0.2) is 7.28 Å². The van der Waals surface area contributed by atoms with E-state index in [-0.39, 0.29) is 16.2 Å². The molecule has 3 aliphatic rings. The first-order valence-corrected chi connectivity index (χ1v) is 21.5. The van der Waals surface area contributed by atoms with Gasteiger partial charge in [-0.3, -0.25) is 0 Å². The predicted octanol–water partition coefficient (Wildman–Crippen LogP) is 13.8. The normalized spacial score (nSPS) is 16.8. The van der Waals surface area contributed by atoms with E-state index in [1.54, 1.807) is 0 Å². The highest BCUT2D eigenvalue weighted by molar-refractivity contribution is 7.25. The second kappa shape index (κ2) is 11.7. The van der Waals surface area contributed by atoms with E-state index in [1.807, 2.05) is 11.3 Å². The molecule has 0 atom stereocenters. The summed E-state index contributed by atoms with van der Waals surface area (Å²) in [7, 11) is 2.45. The molecular formula is C53H44BN2OS. The summed E-state index contributed by atoms with van der Waals surface area (Å²) < 4.78 is 9.46. The molecule has 0 fully saturated rings. The molecule has 58 heavy (non-hydrogen) atoms. The van der Waals surface area contributed by atoms with Gasteiger partial charge in [0.1, 0.15) is 11.2 Å². The summed E-state index contributed by atoms with van der Waals surface area (Å²) in [4.78, 5) is 2.52. The van der Waals surface area contributed by atoms with E-state index >= 15 is 0 Å². The number of anilines is 5. The number of fused-ring (bicyclic) bond motifs is 11. The minimum Gasteiger partial charge on any atom is -0.456 e. The van der Waals surface area contributed by atoms with Gasteiger partial charge in [0.2, 0.25) is 0 Å². The van der Waals surface area contributed by atoms with Gasteiger partial charge >= 0.3 is 0 Å². The molecule has 4 heterocycles. The summed E-state index contributed by atoms with van der Waals surface area (Å²) in [5.74, 6) is 0. The number of hydrogen-bond donors (Lipinski definition) is 1. The maximum absolute atomic E-state index is 6.89. The molecule has 0 unspecified atom stereocenters. The highest BCUT2D eigenvalue weighted by Gasteiger charge is 2.42. The van der Waals surface area contributed by atoms with Crippen LogP contribution in [0.4, 0.5) is 28.4 Å². The summed E-state index contributed by atoms with van der Waals surface area (Å²) in [6.45, 7) is 14.4. The lowest BCUT2D eigenvalue weighted by Gasteiger charge is -2.46. The molecule has 0 amide bonds. The Labute approximate surface area is 344 Å². The summed E-state index contributed by atoms with van der Waals surface area (Å²) in [6, 6.07) is 47.5. The van der Waals surface area contributed by atoms with E-state index in [2.05, 4.69) is 186 Å². The molecule has 7 aromatic carbocycles. The van der Waals surface area contributed by atoms with Gasteiger partial charge in [0.05, 0.1) is 5.69 Å². The second-order valence-electron chi connectivity index (χ2n) is 18.7. The van der Waals surface area contributed by atoms with Crippen molar-refractivity contribution in [2.24, 2.45) is 0 Å². The molecule has 12 rings (SSSR count). The Kier molecular flexibility index (Phi) is 6.90. The van der Waals surface area contributed by atoms with Crippen LogP contribution < -0.4 is 21.1 Å². The average Bonchev–Trinajstić information content (AvgIpc) is 3.77. The Hall–Kier alpha value is -5.78. The Balaban J connectivity index is 1.18. The molecule has 1 aliphatic carbocycles. The third-order valence-electron chi connectivity index (χ3n) is 13.9. The highest BCUT2D eigenvalue weighted by Crippen LogP contribution is 2.54. The minimum atomic E-state index is -0.156. The molecule has 1 N–H and O–H groups in total. The van der Waals surface area contributed by atoms with Crippen molar-refractivity contribution in [1.82, 2.24) is 0 Å². The van der Waals surface area contributed by atoms with Gasteiger partial charge in [0.25, 0.3) is 0 Å². The van der Waals surface area contributed by atoms with E-state index in [1.165, 1.54) is 88.7 Å². The van der Waals surface area contributed by atoms with Crippen molar-refractivity contribution in [3.8, 4) is 11.1 Å². The third kappa shape index (κ3) is 4.68. The van der Waals surface area contributed by atoms with E-state index in [9.17, 15) is 0 Å². The van der Waals surface area contributed by atoms with Gasteiger partial charge in [-0.05, 0) is 99.4 Å². The van der Waals surface area contributed by atoms with E-state index in [4.69, 9.17) is 4.42 Å². The largest absolute Gasteiger partial charge is 0.456 e. The molecular weight excluding hydrogens is 723 g/mol. The fourth-order valence-electron chi connectivity index (χ4n) is 10.7. The number of nitrogens with zero attached hydrogens (tertiary/aromatic N) is 1. The summed E-state index contributed by atoms with van der Waals surface area (Å²) in [5, 5.41) is 8.91. The first kappa shape index (κ1) is 34.3. The quantitative estimate of drug-likeness (QED) is 0.182. The minimum absolute atomic E-state index is 0.0989. The number of nitrogens with one attached hydrogen (secondary N) is 1. The van der Waals surface area contributed by atoms with Crippen LogP contribution in [0.25, 0.3) is 53.2 Å². The molecule has 0 spiro atoms. The lowest BCUT2D eigenvalue weighted by atomic mass is 9.55. The Morgan fingerprint density at radius 2 is 1.34 bits per heavy atom. The molecule has 2 aliphatic heterocycles. The number of hydrogen-bond acceptors (Lipinski definition) is 4. The average molecular weight is 768 g/mol. The summed E-state index contributed by atoms with van der Waals surface area (Å²) in [6.07, 6.45) is 2.37. The summed E-state index contributed by atoms with van der Waals surface area (Å²) >= 11 is 1.87. The van der Waals surface area contributed by atoms with Crippen molar-refractivity contribution in [3.63, 3.8) is 0 Å². The monoisotopic (exact) mass is 767 g/mol. The van der Waals surface area contributed by atoms with Crippen molar-refractivity contribution in [1.29, 1.82) is 0 Å². The maximum atomic E-state index is 6.89. The van der Waals surface area contributed by atoms with Crippen molar-refractivity contribution < 1.29 is 4.42 Å². The fraction of sp³-hybridized carbons (Fsp3) is 0.208. The standard InChI is InChI=1S/C53H44BN2OS/c1-51(2)24-25-52(3,4)38-26-30(22-23-35(38)51)55-40-28-46-33(31-14-8-12-21-45(31)58-46)27-34(40)48-47-32-15-7-11-20-43(32)57-44(47)29-42-49(48)54-39-18-13-17-37-50(39)56(42)41-19-10-9-16-36(41)53(37,5)6/h7-23,26-29,55H,24-25H2,1-6H3. The van der Waals surface area contributed by atoms with Crippen molar-refractivity contribution in [2.45, 2.75) is 70.6 Å². The van der Waals surface area contributed by atoms with Gasteiger partial charge < -0.3 is 14.6 Å². The summed E-state index contributed by atoms with van der Waals surface area (Å²) in [5.41, 5.74) is 18.1. The Morgan fingerprint density at radius 3 is 2.21 bits per heavy atom. The number of furan rings is 1. The smallest absolute Gasteiger partial charge is 0.197 e. The Morgan fingerprint density at radius 1 is 0.603 bits per heavy atom. The van der Waals surface area contributed by atoms with Crippen LogP contribution in [-0.2, 0) is 16.2 Å². The van der Waals surface area contributed by atoms with Gasteiger partial charge in [0, 0.05) is 70.7 Å². The third-order valence-corrected chi connectivity index (χ3v) is 15.1. The highest BCUT2D eigenvalue weighted by atomic mass is 32.1. The molecule has 0 saturated carbocycles. The zero-order valence-electron chi connectivity index (χ0n) is 33.9. The van der Waals surface area contributed by atoms with Gasteiger partial charge in [-0.25, -0.2) is 0 Å². The molecule has 5 heteroatoms. The van der Waals surface area contributed by atoms with Crippen LogP contribution >= 0.6 is 11.3 Å². The molecule has 281 valence electrons. The molecule has 1 radical (unpaired) electrons. The van der Waals surface area contributed by atoms with E-state index in [0.29, 0.717) is 0 Å². The topological polar surface area (TPSA) is 28.4 Å². The molecule has 0 saturated heterocycles. The van der Waals surface area contributed by atoms with Crippen LogP contribution in [0.2, 0.25) is 0 Å². The van der Waals surface area contributed by atoms with Gasteiger partial charge in [-0.1, -0.05) is 126 Å². The first-order chi connectivity index (χ1) is 28.0. The maximum Gasteiger partial charge on any atom is 0.197 e. The van der Waals surface area contributed by atoms with Crippen molar-refractivity contribution in [3.05, 3.63) is 150 Å². The van der Waals surface area contributed by atoms with Crippen molar-refractivity contribution >= 4 is 100 Å². The van der Waals surface area contributed by atoms with Gasteiger partial charge in [0.15, 0.2) is 7.28 Å². The first-order valence-electron chi connectivity index (χ1n) is 20.7. The lowest BCUT2D eigenvalue weighted by Crippen LogP contribution is -2.45. The lowest BCUT2D eigenvalue weighted by molar-refractivity contribution is 0.332. The number of para-hydroxylation sites is 3. The number of benzene rings is 7. The van der Waals surface area contributed by atoms with Crippen LogP contribution in [0.15, 0.2) is 132 Å².